The SMILES string of the molecule is CC(C)(C)n1ccn(-c2ccccn2)c1=S. The fourth-order valence-electron chi connectivity index (χ4n) is 1.56. The van der Waals surface area contributed by atoms with Crippen LogP contribution >= 0.6 is 12.2 Å². The Kier molecular flexibility index (Phi) is 2.68. The molecule has 0 aromatic carbocycles. The van der Waals surface area contributed by atoms with E-state index in [9.17, 15) is 0 Å². The van der Waals surface area contributed by atoms with Crippen molar-refractivity contribution in [3.05, 3.63) is 41.6 Å². The third kappa shape index (κ3) is 1.93. The molecule has 0 saturated heterocycles. The van der Waals surface area contributed by atoms with Crippen molar-refractivity contribution in [2.75, 3.05) is 0 Å². The van der Waals surface area contributed by atoms with Crippen LogP contribution in [0.25, 0.3) is 5.82 Å². The average molecular weight is 233 g/mol. The highest BCUT2D eigenvalue weighted by Crippen LogP contribution is 2.16. The van der Waals surface area contributed by atoms with Crippen LogP contribution in [0.1, 0.15) is 20.8 Å². The summed E-state index contributed by atoms with van der Waals surface area (Å²) in [5, 5.41) is 0. The van der Waals surface area contributed by atoms with Gasteiger partial charge in [-0.2, -0.15) is 0 Å². The lowest BCUT2D eigenvalue weighted by molar-refractivity contribution is 0.390. The standard InChI is InChI=1S/C12H15N3S/c1-12(2,3)15-9-8-14(11(15)16)10-6-4-5-7-13-10/h4-9H,1-3H3. The summed E-state index contributed by atoms with van der Waals surface area (Å²) in [7, 11) is 0. The van der Waals surface area contributed by atoms with Crippen LogP contribution in [0.5, 0.6) is 0 Å². The Balaban J connectivity index is 2.55. The van der Waals surface area contributed by atoms with E-state index in [4.69, 9.17) is 12.2 Å². The molecule has 2 rings (SSSR count). The molecule has 0 fully saturated rings. The minimum absolute atomic E-state index is 0.00286. The maximum atomic E-state index is 5.44. The second-order valence-electron chi connectivity index (χ2n) is 4.68. The van der Waals surface area contributed by atoms with Gasteiger partial charge < -0.3 is 4.57 Å². The van der Waals surface area contributed by atoms with Crippen molar-refractivity contribution >= 4 is 12.2 Å². The highest BCUT2D eigenvalue weighted by Gasteiger charge is 2.15. The minimum atomic E-state index is -0.00286. The zero-order valence-electron chi connectivity index (χ0n) is 9.71. The van der Waals surface area contributed by atoms with Gasteiger partial charge in [-0.15, -0.1) is 0 Å². The highest BCUT2D eigenvalue weighted by molar-refractivity contribution is 7.71. The molecule has 0 amide bonds. The van der Waals surface area contributed by atoms with E-state index < -0.39 is 0 Å². The lowest BCUT2D eigenvalue weighted by Crippen LogP contribution is -2.21. The summed E-state index contributed by atoms with van der Waals surface area (Å²) < 4.78 is 4.75. The minimum Gasteiger partial charge on any atom is -0.318 e. The third-order valence-corrected chi connectivity index (χ3v) is 2.79. The zero-order valence-corrected chi connectivity index (χ0v) is 10.5. The molecule has 0 aliphatic carbocycles. The van der Waals surface area contributed by atoms with E-state index in [2.05, 4.69) is 30.3 Å². The van der Waals surface area contributed by atoms with Crippen LogP contribution in [0.3, 0.4) is 0 Å². The van der Waals surface area contributed by atoms with Gasteiger partial charge >= 0.3 is 0 Å². The Morgan fingerprint density at radius 3 is 2.44 bits per heavy atom. The molecule has 0 aliphatic rings. The monoisotopic (exact) mass is 233 g/mol. The molecule has 4 heteroatoms. The smallest absolute Gasteiger partial charge is 0.186 e. The van der Waals surface area contributed by atoms with Gasteiger partial charge in [-0.1, -0.05) is 6.07 Å². The predicted molar refractivity (Wildman–Crippen MR) is 67.4 cm³/mol. The van der Waals surface area contributed by atoms with Gasteiger partial charge in [0.25, 0.3) is 0 Å². The van der Waals surface area contributed by atoms with Crippen LogP contribution < -0.4 is 0 Å². The Morgan fingerprint density at radius 1 is 1.19 bits per heavy atom. The Hall–Kier alpha value is -1.42. The van der Waals surface area contributed by atoms with Gasteiger partial charge in [-0.05, 0) is 45.1 Å². The van der Waals surface area contributed by atoms with E-state index in [1.807, 2.05) is 35.2 Å². The van der Waals surface area contributed by atoms with Crippen LogP contribution in [0, 0.1) is 4.77 Å². The number of nitrogens with zero attached hydrogens (tertiary/aromatic N) is 3. The van der Waals surface area contributed by atoms with Crippen molar-refractivity contribution in [3.63, 3.8) is 0 Å². The first-order chi connectivity index (χ1) is 7.50. The van der Waals surface area contributed by atoms with E-state index in [-0.39, 0.29) is 5.54 Å². The van der Waals surface area contributed by atoms with Gasteiger partial charge in [0, 0.05) is 24.1 Å². The van der Waals surface area contributed by atoms with Crippen molar-refractivity contribution in [1.82, 2.24) is 14.1 Å². The van der Waals surface area contributed by atoms with Gasteiger partial charge in [0.1, 0.15) is 5.82 Å². The lowest BCUT2D eigenvalue weighted by Gasteiger charge is -2.20. The summed E-state index contributed by atoms with van der Waals surface area (Å²) in [5.41, 5.74) is -0.00286. The van der Waals surface area contributed by atoms with Crippen molar-refractivity contribution in [1.29, 1.82) is 0 Å². The molecule has 2 heterocycles. The van der Waals surface area contributed by atoms with Gasteiger partial charge in [-0.3, -0.25) is 4.57 Å². The van der Waals surface area contributed by atoms with Gasteiger partial charge in [-0.25, -0.2) is 4.98 Å². The predicted octanol–water partition coefficient (Wildman–Crippen LogP) is 3.16. The lowest BCUT2D eigenvalue weighted by atomic mass is 10.1. The summed E-state index contributed by atoms with van der Waals surface area (Å²) in [6.07, 6.45) is 5.72. The van der Waals surface area contributed by atoms with E-state index in [0.29, 0.717) is 0 Å². The molecule has 0 N–H and O–H groups in total. The molecule has 3 nitrogen and oxygen atoms in total. The maximum absolute atomic E-state index is 5.44. The highest BCUT2D eigenvalue weighted by atomic mass is 32.1. The molecule has 0 aliphatic heterocycles. The summed E-state index contributed by atoms with van der Waals surface area (Å²) in [6, 6.07) is 5.80. The van der Waals surface area contributed by atoms with Crippen molar-refractivity contribution in [2.45, 2.75) is 26.3 Å². The van der Waals surface area contributed by atoms with E-state index in [0.717, 1.165) is 10.6 Å². The molecule has 0 unspecified atom stereocenters. The third-order valence-electron chi connectivity index (χ3n) is 2.40. The Labute approximate surface area is 100 Å². The fraction of sp³-hybridized carbons (Fsp3) is 0.333. The molecule has 0 bridgehead atoms. The number of pyridine rings is 1. The molecule has 2 aromatic rings. The second kappa shape index (κ2) is 3.87. The van der Waals surface area contributed by atoms with Gasteiger partial charge in [0.15, 0.2) is 4.77 Å². The van der Waals surface area contributed by atoms with E-state index in [1.54, 1.807) is 6.20 Å². The number of rotatable bonds is 1. The average Bonchev–Trinajstić information content (AvgIpc) is 2.61. The van der Waals surface area contributed by atoms with Crippen molar-refractivity contribution < 1.29 is 0 Å². The van der Waals surface area contributed by atoms with E-state index in [1.165, 1.54) is 0 Å². The summed E-state index contributed by atoms with van der Waals surface area (Å²) in [5.74, 6) is 0.857. The molecule has 0 atom stereocenters. The van der Waals surface area contributed by atoms with Crippen molar-refractivity contribution in [2.24, 2.45) is 0 Å². The first-order valence-electron chi connectivity index (χ1n) is 5.22. The first kappa shape index (κ1) is 11.1. The normalized spacial score (nSPS) is 11.7. The maximum Gasteiger partial charge on any atom is 0.186 e. The largest absolute Gasteiger partial charge is 0.318 e. The van der Waals surface area contributed by atoms with Gasteiger partial charge in [0.2, 0.25) is 0 Å². The van der Waals surface area contributed by atoms with Crippen LogP contribution in [0.2, 0.25) is 0 Å². The number of aromatic nitrogens is 3. The molecule has 16 heavy (non-hydrogen) atoms. The van der Waals surface area contributed by atoms with Crippen LogP contribution in [0.4, 0.5) is 0 Å². The molecular weight excluding hydrogens is 218 g/mol. The van der Waals surface area contributed by atoms with Crippen LogP contribution in [0.15, 0.2) is 36.8 Å². The Bertz CT molecular complexity index is 531. The quantitative estimate of drug-likeness (QED) is 0.706. The second-order valence-corrected chi connectivity index (χ2v) is 5.04. The number of hydrogen-bond donors (Lipinski definition) is 0. The molecule has 0 spiro atoms. The fourth-order valence-corrected chi connectivity index (χ4v) is 2.05. The summed E-state index contributed by atoms with van der Waals surface area (Å²) >= 11 is 5.44. The summed E-state index contributed by atoms with van der Waals surface area (Å²) in [4.78, 5) is 4.29. The topological polar surface area (TPSA) is 22.8 Å². The van der Waals surface area contributed by atoms with Crippen LogP contribution in [-0.2, 0) is 5.54 Å². The molecule has 0 radical (unpaired) electrons. The van der Waals surface area contributed by atoms with Gasteiger partial charge in [0.05, 0.1) is 0 Å². The van der Waals surface area contributed by atoms with E-state index >= 15 is 0 Å². The van der Waals surface area contributed by atoms with Crippen LogP contribution in [-0.4, -0.2) is 14.1 Å². The first-order valence-corrected chi connectivity index (χ1v) is 5.63. The molecule has 0 saturated carbocycles. The Morgan fingerprint density at radius 2 is 1.94 bits per heavy atom. The molecular formula is C12H15N3S. The molecule has 2 aromatic heterocycles. The number of imidazole rings is 1. The molecule has 84 valence electrons. The zero-order chi connectivity index (χ0) is 11.8. The number of hydrogen-bond acceptors (Lipinski definition) is 2. The summed E-state index contributed by atoms with van der Waals surface area (Å²) in [6.45, 7) is 6.39. The van der Waals surface area contributed by atoms with Crippen molar-refractivity contribution in [3.8, 4) is 5.82 Å².